The Hall–Kier alpha value is -1.38. The van der Waals surface area contributed by atoms with Gasteiger partial charge in [-0.2, -0.15) is 0 Å². The zero-order valence-corrected chi connectivity index (χ0v) is 13.8. The zero-order valence-electron chi connectivity index (χ0n) is 13.8. The Bertz CT molecular complexity index is 584. The molecule has 0 spiro atoms. The number of benzene rings is 2. The minimum Gasteiger partial charge on any atom is -0.321 e. The third-order valence-corrected chi connectivity index (χ3v) is 4.52. The van der Waals surface area contributed by atoms with E-state index in [0.29, 0.717) is 5.92 Å². The third kappa shape index (κ3) is 3.45. The van der Waals surface area contributed by atoms with Crippen LogP contribution in [-0.2, 0) is 5.54 Å². The predicted octanol–water partition coefficient (Wildman–Crippen LogP) is 3.99. The van der Waals surface area contributed by atoms with E-state index in [1.165, 1.54) is 16.3 Å². The van der Waals surface area contributed by atoms with Crippen LogP contribution in [0.1, 0.15) is 32.3 Å². The summed E-state index contributed by atoms with van der Waals surface area (Å²) in [5.74, 6) is 0.408. The molecule has 2 nitrogen and oxygen atoms in total. The van der Waals surface area contributed by atoms with Crippen molar-refractivity contribution in [1.29, 1.82) is 0 Å². The summed E-state index contributed by atoms with van der Waals surface area (Å²) in [6.45, 7) is 5.55. The first kappa shape index (κ1) is 16.0. The standard InChI is InChI=1S/C19H28N2/c1-15(2)19(20,13-8-14-21(3)4)18-12-7-10-16-9-5-6-11-17(16)18/h5-7,9-12,15H,8,13-14,20H2,1-4H3/t19-/m1/s1. The number of fused-ring (bicyclic) bond motifs is 1. The van der Waals surface area contributed by atoms with Gasteiger partial charge >= 0.3 is 0 Å². The fourth-order valence-corrected chi connectivity index (χ4v) is 3.05. The molecule has 0 radical (unpaired) electrons. The van der Waals surface area contributed by atoms with Gasteiger partial charge in [0.05, 0.1) is 0 Å². The molecule has 2 heteroatoms. The first-order valence-corrected chi connectivity index (χ1v) is 7.87. The van der Waals surface area contributed by atoms with Crippen molar-refractivity contribution < 1.29 is 0 Å². The monoisotopic (exact) mass is 284 g/mol. The highest BCUT2D eigenvalue weighted by atomic mass is 15.0. The molecular weight excluding hydrogens is 256 g/mol. The van der Waals surface area contributed by atoms with Crippen molar-refractivity contribution in [2.75, 3.05) is 20.6 Å². The number of hydrogen-bond donors (Lipinski definition) is 1. The van der Waals surface area contributed by atoms with Gasteiger partial charge in [0.2, 0.25) is 0 Å². The van der Waals surface area contributed by atoms with E-state index in [1.54, 1.807) is 0 Å². The van der Waals surface area contributed by atoms with Gasteiger partial charge in [-0.3, -0.25) is 0 Å². The van der Waals surface area contributed by atoms with Crippen molar-refractivity contribution in [3.05, 3.63) is 48.0 Å². The first-order chi connectivity index (χ1) is 9.95. The van der Waals surface area contributed by atoms with Crippen molar-refractivity contribution in [3.8, 4) is 0 Å². The molecule has 2 rings (SSSR count). The lowest BCUT2D eigenvalue weighted by molar-refractivity contribution is 0.271. The van der Waals surface area contributed by atoms with Crippen LogP contribution in [0.3, 0.4) is 0 Å². The molecule has 0 bridgehead atoms. The average Bonchev–Trinajstić information content (AvgIpc) is 2.45. The van der Waals surface area contributed by atoms with Gasteiger partial charge in [-0.15, -0.1) is 0 Å². The Balaban J connectivity index is 2.40. The molecule has 0 saturated carbocycles. The van der Waals surface area contributed by atoms with E-state index in [2.05, 4.69) is 75.3 Å². The molecule has 0 aliphatic heterocycles. The molecule has 2 aromatic carbocycles. The van der Waals surface area contributed by atoms with Crippen LogP contribution < -0.4 is 5.73 Å². The fraction of sp³-hybridized carbons (Fsp3) is 0.474. The minimum absolute atomic E-state index is 0.267. The van der Waals surface area contributed by atoms with Gasteiger partial charge in [0, 0.05) is 5.54 Å². The highest BCUT2D eigenvalue weighted by Gasteiger charge is 2.31. The van der Waals surface area contributed by atoms with Gasteiger partial charge in [0.1, 0.15) is 0 Å². The number of hydrogen-bond acceptors (Lipinski definition) is 2. The van der Waals surface area contributed by atoms with E-state index in [4.69, 9.17) is 5.73 Å². The van der Waals surface area contributed by atoms with Crippen molar-refractivity contribution >= 4 is 10.8 Å². The van der Waals surface area contributed by atoms with Gasteiger partial charge < -0.3 is 10.6 Å². The molecule has 0 aliphatic rings. The summed E-state index contributed by atoms with van der Waals surface area (Å²) in [5.41, 5.74) is 7.92. The van der Waals surface area contributed by atoms with E-state index in [9.17, 15) is 0 Å². The molecule has 2 aromatic rings. The third-order valence-electron chi connectivity index (χ3n) is 4.52. The number of nitrogens with zero attached hydrogens (tertiary/aromatic N) is 1. The highest BCUT2D eigenvalue weighted by Crippen LogP contribution is 2.36. The van der Waals surface area contributed by atoms with E-state index in [1.807, 2.05) is 0 Å². The summed E-state index contributed by atoms with van der Waals surface area (Å²) in [7, 11) is 4.23. The number of rotatable bonds is 6. The minimum atomic E-state index is -0.267. The molecule has 1 atom stereocenters. The van der Waals surface area contributed by atoms with Gasteiger partial charge in [0.15, 0.2) is 0 Å². The van der Waals surface area contributed by atoms with Crippen LogP contribution >= 0.6 is 0 Å². The fourth-order valence-electron chi connectivity index (χ4n) is 3.05. The van der Waals surface area contributed by atoms with Gasteiger partial charge in [0.25, 0.3) is 0 Å². The van der Waals surface area contributed by atoms with Crippen molar-refractivity contribution in [2.24, 2.45) is 11.7 Å². The SMILES string of the molecule is CC(C)[C@](N)(CCCN(C)C)c1cccc2ccccc12. The van der Waals surface area contributed by atoms with Crippen LogP contribution in [0, 0.1) is 5.92 Å². The molecule has 0 fully saturated rings. The van der Waals surface area contributed by atoms with Crippen molar-refractivity contribution in [3.63, 3.8) is 0 Å². The number of nitrogens with two attached hydrogens (primary N) is 1. The second-order valence-electron chi connectivity index (χ2n) is 6.63. The summed E-state index contributed by atoms with van der Waals surface area (Å²) in [6, 6.07) is 15.1. The Morgan fingerprint density at radius 3 is 2.38 bits per heavy atom. The molecule has 114 valence electrons. The van der Waals surface area contributed by atoms with E-state index in [-0.39, 0.29) is 5.54 Å². The Labute approximate surface area is 128 Å². The largest absolute Gasteiger partial charge is 0.321 e. The molecule has 0 heterocycles. The smallest absolute Gasteiger partial charge is 0.0439 e. The Kier molecular flexibility index (Phi) is 5.02. The van der Waals surface area contributed by atoms with Crippen LogP contribution in [0.15, 0.2) is 42.5 Å². The summed E-state index contributed by atoms with van der Waals surface area (Å²) < 4.78 is 0. The lowest BCUT2D eigenvalue weighted by Gasteiger charge is -2.36. The molecule has 0 unspecified atom stereocenters. The van der Waals surface area contributed by atoms with Crippen LogP contribution in [0.4, 0.5) is 0 Å². The first-order valence-electron chi connectivity index (χ1n) is 7.87. The Morgan fingerprint density at radius 2 is 1.71 bits per heavy atom. The molecule has 21 heavy (non-hydrogen) atoms. The normalized spacial score (nSPS) is 14.8. The molecule has 0 aliphatic carbocycles. The topological polar surface area (TPSA) is 29.3 Å². The molecule has 0 saturated heterocycles. The van der Waals surface area contributed by atoms with Crippen molar-refractivity contribution in [1.82, 2.24) is 4.90 Å². The Morgan fingerprint density at radius 1 is 1.05 bits per heavy atom. The van der Waals surface area contributed by atoms with Gasteiger partial charge in [-0.05, 0) is 55.7 Å². The van der Waals surface area contributed by atoms with Crippen LogP contribution in [-0.4, -0.2) is 25.5 Å². The van der Waals surface area contributed by atoms with Crippen molar-refractivity contribution in [2.45, 2.75) is 32.2 Å². The van der Waals surface area contributed by atoms with Gasteiger partial charge in [-0.1, -0.05) is 56.3 Å². The van der Waals surface area contributed by atoms with E-state index < -0.39 is 0 Å². The summed E-state index contributed by atoms with van der Waals surface area (Å²) in [4.78, 5) is 2.23. The summed E-state index contributed by atoms with van der Waals surface area (Å²) in [6.07, 6.45) is 2.13. The van der Waals surface area contributed by atoms with Gasteiger partial charge in [-0.25, -0.2) is 0 Å². The molecule has 0 aromatic heterocycles. The van der Waals surface area contributed by atoms with E-state index in [0.717, 1.165) is 19.4 Å². The van der Waals surface area contributed by atoms with E-state index >= 15 is 0 Å². The van der Waals surface area contributed by atoms with Crippen LogP contribution in [0.2, 0.25) is 0 Å². The maximum absolute atomic E-state index is 6.90. The predicted molar refractivity (Wildman–Crippen MR) is 92.4 cm³/mol. The lowest BCUT2D eigenvalue weighted by Crippen LogP contribution is -2.42. The van der Waals surface area contributed by atoms with Crippen LogP contribution in [0.25, 0.3) is 10.8 Å². The quantitative estimate of drug-likeness (QED) is 0.869. The second-order valence-corrected chi connectivity index (χ2v) is 6.63. The molecule has 0 amide bonds. The highest BCUT2D eigenvalue weighted by molar-refractivity contribution is 5.86. The maximum Gasteiger partial charge on any atom is 0.0439 e. The molecular formula is C19H28N2. The lowest BCUT2D eigenvalue weighted by atomic mass is 9.75. The average molecular weight is 284 g/mol. The summed E-state index contributed by atoms with van der Waals surface area (Å²) >= 11 is 0. The van der Waals surface area contributed by atoms with Crippen LogP contribution in [0.5, 0.6) is 0 Å². The molecule has 2 N–H and O–H groups in total. The second kappa shape index (κ2) is 6.59. The zero-order chi connectivity index (χ0) is 15.5. The maximum atomic E-state index is 6.90. The summed E-state index contributed by atoms with van der Waals surface area (Å²) in [5, 5.41) is 2.57.